The van der Waals surface area contributed by atoms with Crippen molar-refractivity contribution < 1.29 is 32.6 Å². The molecule has 6 N–H and O–H groups in total. The highest BCUT2D eigenvalue weighted by Gasteiger charge is 2.50. The molecule has 0 aromatic heterocycles. The van der Waals surface area contributed by atoms with E-state index in [0.717, 1.165) is 38.8 Å². The van der Waals surface area contributed by atoms with Crippen molar-refractivity contribution in [1.29, 1.82) is 0 Å². The first kappa shape index (κ1) is 29.5. The molecule has 1 saturated heterocycles. The van der Waals surface area contributed by atoms with E-state index in [-0.39, 0.29) is 36.1 Å². The Morgan fingerprint density at radius 3 is 2.47 bits per heavy atom. The van der Waals surface area contributed by atoms with Gasteiger partial charge in [-0.25, -0.2) is 13.2 Å². The number of ether oxygens (including phenoxy) is 1. The Morgan fingerprint density at radius 1 is 1.14 bits per heavy atom. The number of sulfone groups is 1. The SMILES string of the molecule is CCCCOc1ccccc1S(=O)(=O)C(N)(CNC(=O)CCNC(=O)CCC1CCNCC1)C(=O)O. The summed E-state index contributed by atoms with van der Waals surface area (Å²) in [6, 6.07) is 5.66. The van der Waals surface area contributed by atoms with Crippen molar-refractivity contribution in [2.24, 2.45) is 11.7 Å². The summed E-state index contributed by atoms with van der Waals surface area (Å²) in [4.78, 5) is 33.1. The van der Waals surface area contributed by atoms with E-state index in [2.05, 4.69) is 16.0 Å². The molecule has 11 nitrogen and oxygen atoms in total. The number of amides is 2. The van der Waals surface area contributed by atoms with Crippen molar-refractivity contribution in [3.63, 3.8) is 0 Å². The minimum atomic E-state index is -4.65. The molecule has 0 aliphatic carbocycles. The lowest BCUT2D eigenvalue weighted by molar-refractivity contribution is -0.140. The fourth-order valence-electron chi connectivity index (χ4n) is 3.83. The number of piperidine rings is 1. The summed E-state index contributed by atoms with van der Waals surface area (Å²) in [6.45, 7) is 3.31. The summed E-state index contributed by atoms with van der Waals surface area (Å²) in [6.07, 6.45) is 4.61. The van der Waals surface area contributed by atoms with Crippen LogP contribution in [-0.2, 0) is 24.2 Å². The largest absolute Gasteiger partial charge is 0.492 e. The third kappa shape index (κ3) is 8.17. The lowest BCUT2D eigenvalue weighted by Crippen LogP contribution is -2.61. The van der Waals surface area contributed by atoms with Crippen LogP contribution in [0.5, 0.6) is 5.75 Å². The van der Waals surface area contributed by atoms with Crippen LogP contribution in [0.3, 0.4) is 0 Å². The van der Waals surface area contributed by atoms with Gasteiger partial charge in [0, 0.05) is 19.4 Å². The first-order valence-corrected chi connectivity index (χ1v) is 13.8. The topological polar surface area (TPSA) is 177 Å². The number of benzene rings is 1. The van der Waals surface area contributed by atoms with Crippen LogP contribution in [0.2, 0.25) is 0 Å². The number of carbonyl (C=O) groups excluding carboxylic acids is 2. The Hall–Kier alpha value is -2.70. The maximum atomic E-state index is 13.3. The molecule has 1 aliphatic rings. The number of carbonyl (C=O) groups is 3. The molecule has 1 fully saturated rings. The molecule has 2 amide bonds. The molecular weight excluding hydrogens is 488 g/mol. The second kappa shape index (κ2) is 14.1. The van der Waals surface area contributed by atoms with Gasteiger partial charge in [-0.3, -0.25) is 9.59 Å². The Balaban J connectivity index is 1.92. The molecule has 1 atom stereocenters. The number of unbranched alkanes of at least 4 members (excludes halogenated alkanes) is 1. The minimum absolute atomic E-state index is 0.000513. The minimum Gasteiger partial charge on any atom is -0.492 e. The summed E-state index contributed by atoms with van der Waals surface area (Å²) in [5.41, 5.74) is 5.88. The number of hydrogen-bond acceptors (Lipinski definition) is 8. The van der Waals surface area contributed by atoms with Crippen molar-refractivity contribution >= 4 is 27.6 Å². The summed E-state index contributed by atoms with van der Waals surface area (Å²) in [5.74, 6) is -2.09. The van der Waals surface area contributed by atoms with Crippen LogP contribution in [-0.4, -0.2) is 69.0 Å². The monoisotopic (exact) mass is 526 g/mol. The van der Waals surface area contributed by atoms with Crippen LogP contribution in [0.25, 0.3) is 0 Å². The summed E-state index contributed by atoms with van der Waals surface area (Å²) in [5, 5.41) is 17.9. The molecular formula is C24H38N4O7S. The highest BCUT2D eigenvalue weighted by molar-refractivity contribution is 7.93. The molecule has 0 saturated carbocycles. The predicted octanol–water partition coefficient (Wildman–Crippen LogP) is 0.781. The van der Waals surface area contributed by atoms with Crippen molar-refractivity contribution in [2.75, 3.05) is 32.8 Å². The average molecular weight is 527 g/mol. The van der Waals surface area contributed by atoms with Crippen molar-refractivity contribution in [3.05, 3.63) is 24.3 Å². The van der Waals surface area contributed by atoms with E-state index < -0.39 is 33.1 Å². The quantitative estimate of drug-likeness (QED) is 0.207. The summed E-state index contributed by atoms with van der Waals surface area (Å²) >= 11 is 0. The normalized spacial score (nSPS) is 16.1. The Labute approximate surface area is 212 Å². The zero-order valence-corrected chi connectivity index (χ0v) is 21.6. The Kier molecular flexibility index (Phi) is 11.6. The predicted molar refractivity (Wildman–Crippen MR) is 134 cm³/mol. The Bertz CT molecular complexity index is 996. The smallest absolute Gasteiger partial charge is 0.341 e. The zero-order valence-electron chi connectivity index (χ0n) is 20.8. The maximum Gasteiger partial charge on any atom is 0.341 e. The number of nitrogens with two attached hydrogens (primary N) is 1. The highest BCUT2D eigenvalue weighted by atomic mass is 32.2. The maximum absolute atomic E-state index is 13.3. The molecule has 0 radical (unpaired) electrons. The van der Waals surface area contributed by atoms with E-state index in [1.165, 1.54) is 18.2 Å². The van der Waals surface area contributed by atoms with Crippen LogP contribution in [0.15, 0.2) is 29.2 Å². The number of para-hydroxylation sites is 1. The number of rotatable bonds is 15. The number of nitrogens with one attached hydrogen (secondary N) is 3. The standard InChI is InChI=1S/C24H38N4O7S/c1-2-3-16-35-19-6-4-5-7-20(19)36(33,34)24(25,23(31)32)17-28-22(30)12-15-27-21(29)9-8-18-10-13-26-14-11-18/h4-7,18,26H,2-3,8-17,25H2,1H3,(H,27,29)(H,28,30)(H,31,32). The van der Waals surface area contributed by atoms with Crippen LogP contribution >= 0.6 is 0 Å². The first-order chi connectivity index (χ1) is 17.1. The molecule has 1 aromatic rings. The highest BCUT2D eigenvalue weighted by Crippen LogP contribution is 2.30. The van der Waals surface area contributed by atoms with Gasteiger partial charge in [-0.2, -0.15) is 0 Å². The molecule has 1 unspecified atom stereocenters. The van der Waals surface area contributed by atoms with Gasteiger partial charge in [0.2, 0.25) is 26.5 Å². The van der Waals surface area contributed by atoms with E-state index in [4.69, 9.17) is 10.5 Å². The van der Waals surface area contributed by atoms with Crippen molar-refractivity contribution in [3.8, 4) is 5.75 Å². The van der Waals surface area contributed by atoms with Gasteiger partial charge in [0.05, 0.1) is 13.2 Å². The van der Waals surface area contributed by atoms with Crippen LogP contribution < -0.4 is 26.4 Å². The van der Waals surface area contributed by atoms with Crippen molar-refractivity contribution in [1.82, 2.24) is 16.0 Å². The summed E-state index contributed by atoms with van der Waals surface area (Å²) < 4.78 is 32.1. The van der Waals surface area contributed by atoms with Gasteiger partial charge in [-0.15, -0.1) is 0 Å². The Morgan fingerprint density at radius 2 is 1.81 bits per heavy atom. The zero-order chi connectivity index (χ0) is 26.6. The van der Waals surface area contributed by atoms with Crippen LogP contribution in [0.4, 0.5) is 0 Å². The van der Waals surface area contributed by atoms with Crippen LogP contribution in [0, 0.1) is 5.92 Å². The molecule has 36 heavy (non-hydrogen) atoms. The molecule has 202 valence electrons. The number of carboxylic acid groups (broad SMARTS) is 1. The number of aliphatic carboxylic acids is 1. The average Bonchev–Trinajstić information content (AvgIpc) is 2.86. The lowest BCUT2D eigenvalue weighted by Gasteiger charge is -2.26. The number of hydrogen-bond donors (Lipinski definition) is 5. The van der Waals surface area contributed by atoms with Gasteiger partial charge >= 0.3 is 5.97 Å². The van der Waals surface area contributed by atoms with Gasteiger partial charge < -0.3 is 31.5 Å². The molecule has 0 bridgehead atoms. The van der Waals surface area contributed by atoms with E-state index in [1.807, 2.05) is 6.92 Å². The van der Waals surface area contributed by atoms with Gasteiger partial charge in [-0.05, 0) is 56.8 Å². The van der Waals surface area contributed by atoms with E-state index in [9.17, 15) is 27.9 Å². The number of carboxylic acids is 1. The lowest BCUT2D eigenvalue weighted by atomic mass is 9.93. The molecule has 1 aromatic carbocycles. The first-order valence-electron chi connectivity index (χ1n) is 12.3. The second-order valence-electron chi connectivity index (χ2n) is 8.96. The third-order valence-electron chi connectivity index (χ3n) is 6.20. The fraction of sp³-hybridized carbons (Fsp3) is 0.625. The van der Waals surface area contributed by atoms with Crippen molar-refractivity contribution in [2.45, 2.75) is 61.6 Å². The van der Waals surface area contributed by atoms with E-state index in [1.54, 1.807) is 6.07 Å². The third-order valence-corrected chi connectivity index (χ3v) is 8.39. The molecule has 1 aliphatic heterocycles. The molecule has 1 heterocycles. The van der Waals surface area contributed by atoms with E-state index >= 15 is 0 Å². The summed E-state index contributed by atoms with van der Waals surface area (Å²) in [7, 11) is -4.65. The van der Waals surface area contributed by atoms with Gasteiger partial charge in [-0.1, -0.05) is 25.5 Å². The molecule has 0 spiro atoms. The van der Waals surface area contributed by atoms with Crippen LogP contribution in [0.1, 0.15) is 51.9 Å². The second-order valence-corrected chi connectivity index (χ2v) is 11.1. The van der Waals surface area contributed by atoms with Gasteiger partial charge in [0.25, 0.3) is 0 Å². The van der Waals surface area contributed by atoms with Gasteiger partial charge in [0.15, 0.2) is 0 Å². The fourth-order valence-corrected chi connectivity index (χ4v) is 5.36. The molecule has 12 heteroatoms. The molecule has 2 rings (SSSR count). The van der Waals surface area contributed by atoms with E-state index in [0.29, 0.717) is 18.8 Å². The van der Waals surface area contributed by atoms with Gasteiger partial charge in [0.1, 0.15) is 10.6 Å².